The van der Waals surface area contributed by atoms with E-state index in [9.17, 15) is 4.79 Å². The smallest absolute Gasteiger partial charge is 0.411 e. The minimum absolute atomic E-state index is 0.377. The number of nitrogens with zero attached hydrogens (tertiary/aromatic N) is 2. The van der Waals surface area contributed by atoms with Crippen LogP contribution in [0.25, 0.3) is 10.9 Å². The SMILES string of the molecule is CCCOC(=O)Nc1ccc(Oc2ncnc3cc(OC)c(OC)cc23)cc1. The molecule has 2 aromatic carbocycles. The molecule has 1 aromatic heterocycles. The Morgan fingerprint density at radius 1 is 1.04 bits per heavy atom. The highest BCUT2D eigenvalue weighted by molar-refractivity contribution is 5.87. The summed E-state index contributed by atoms with van der Waals surface area (Å²) in [4.78, 5) is 20.1. The summed E-state index contributed by atoms with van der Waals surface area (Å²) in [6.45, 7) is 2.31. The number of amides is 1. The molecule has 0 radical (unpaired) electrons. The zero-order valence-electron chi connectivity index (χ0n) is 15.9. The largest absolute Gasteiger partial charge is 0.493 e. The average molecular weight is 383 g/mol. The predicted octanol–water partition coefficient (Wildman–Crippen LogP) is 4.40. The number of benzene rings is 2. The summed E-state index contributed by atoms with van der Waals surface area (Å²) >= 11 is 0. The number of carbonyl (C=O) groups is 1. The molecule has 0 atom stereocenters. The molecule has 1 heterocycles. The number of hydrogen-bond acceptors (Lipinski definition) is 7. The maximum Gasteiger partial charge on any atom is 0.411 e. The van der Waals surface area contributed by atoms with E-state index in [2.05, 4.69) is 15.3 Å². The van der Waals surface area contributed by atoms with E-state index in [0.717, 1.165) is 6.42 Å². The maximum atomic E-state index is 11.6. The molecule has 0 saturated carbocycles. The van der Waals surface area contributed by atoms with Crippen LogP contribution in [-0.4, -0.2) is 36.9 Å². The quantitative estimate of drug-likeness (QED) is 0.646. The van der Waals surface area contributed by atoms with E-state index in [0.29, 0.717) is 46.3 Å². The van der Waals surface area contributed by atoms with Gasteiger partial charge in [-0.3, -0.25) is 5.32 Å². The fraction of sp³-hybridized carbons (Fsp3) is 0.250. The van der Waals surface area contributed by atoms with Crippen LogP contribution in [0.3, 0.4) is 0 Å². The van der Waals surface area contributed by atoms with E-state index in [4.69, 9.17) is 18.9 Å². The average Bonchev–Trinajstić information content (AvgIpc) is 2.72. The van der Waals surface area contributed by atoms with Gasteiger partial charge in [-0.1, -0.05) is 6.92 Å². The number of carbonyl (C=O) groups excluding carboxylic acids is 1. The van der Waals surface area contributed by atoms with Crippen molar-refractivity contribution in [2.45, 2.75) is 13.3 Å². The van der Waals surface area contributed by atoms with Crippen molar-refractivity contribution in [2.75, 3.05) is 26.1 Å². The number of nitrogens with one attached hydrogen (secondary N) is 1. The Kier molecular flexibility index (Phi) is 6.11. The first-order valence-corrected chi connectivity index (χ1v) is 8.73. The second-order valence-corrected chi connectivity index (χ2v) is 5.79. The molecule has 0 bridgehead atoms. The van der Waals surface area contributed by atoms with Crippen LogP contribution >= 0.6 is 0 Å². The van der Waals surface area contributed by atoms with Gasteiger partial charge in [0.1, 0.15) is 12.1 Å². The van der Waals surface area contributed by atoms with Crippen LogP contribution in [0.15, 0.2) is 42.7 Å². The molecule has 3 rings (SSSR count). The molecular weight excluding hydrogens is 362 g/mol. The Hall–Kier alpha value is -3.55. The Morgan fingerprint density at radius 2 is 1.75 bits per heavy atom. The molecule has 1 N–H and O–H groups in total. The first kappa shape index (κ1) is 19.2. The summed E-state index contributed by atoms with van der Waals surface area (Å²) in [5.41, 5.74) is 1.27. The molecule has 8 heteroatoms. The molecule has 0 spiro atoms. The minimum Gasteiger partial charge on any atom is -0.493 e. The molecule has 0 aliphatic heterocycles. The van der Waals surface area contributed by atoms with E-state index < -0.39 is 6.09 Å². The number of ether oxygens (including phenoxy) is 4. The van der Waals surface area contributed by atoms with E-state index in [-0.39, 0.29) is 0 Å². The van der Waals surface area contributed by atoms with Crippen molar-refractivity contribution in [1.29, 1.82) is 0 Å². The van der Waals surface area contributed by atoms with Crippen molar-refractivity contribution in [3.63, 3.8) is 0 Å². The van der Waals surface area contributed by atoms with Gasteiger partial charge in [0.25, 0.3) is 0 Å². The van der Waals surface area contributed by atoms with Gasteiger partial charge in [0.05, 0.1) is 31.7 Å². The monoisotopic (exact) mass is 383 g/mol. The minimum atomic E-state index is -0.488. The number of fused-ring (bicyclic) bond motifs is 1. The van der Waals surface area contributed by atoms with E-state index in [1.165, 1.54) is 6.33 Å². The number of anilines is 1. The highest BCUT2D eigenvalue weighted by atomic mass is 16.5. The molecule has 0 aliphatic rings. The van der Waals surface area contributed by atoms with Crippen LogP contribution in [0, 0.1) is 0 Å². The Bertz CT molecular complexity index is 960. The number of hydrogen-bond donors (Lipinski definition) is 1. The lowest BCUT2D eigenvalue weighted by Crippen LogP contribution is -2.13. The van der Waals surface area contributed by atoms with E-state index in [1.807, 2.05) is 6.92 Å². The van der Waals surface area contributed by atoms with Gasteiger partial charge in [-0.25, -0.2) is 14.8 Å². The Morgan fingerprint density at radius 3 is 2.43 bits per heavy atom. The number of methoxy groups -OCH3 is 2. The molecule has 0 saturated heterocycles. The molecule has 28 heavy (non-hydrogen) atoms. The van der Waals surface area contributed by atoms with Gasteiger partial charge in [0.2, 0.25) is 5.88 Å². The van der Waals surface area contributed by atoms with Gasteiger partial charge in [-0.15, -0.1) is 0 Å². The second kappa shape index (κ2) is 8.90. The van der Waals surface area contributed by atoms with Crippen molar-refractivity contribution in [2.24, 2.45) is 0 Å². The topological polar surface area (TPSA) is 91.8 Å². The van der Waals surface area contributed by atoms with Gasteiger partial charge in [0.15, 0.2) is 11.5 Å². The molecule has 0 unspecified atom stereocenters. The zero-order valence-corrected chi connectivity index (χ0v) is 15.9. The second-order valence-electron chi connectivity index (χ2n) is 5.79. The summed E-state index contributed by atoms with van der Waals surface area (Å²) in [7, 11) is 3.13. The summed E-state index contributed by atoms with van der Waals surface area (Å²) < 4.78 is 21.5. The maximum absolute atomic E-state index is 11.6. The van der Waals surface area contributed by atoms with E-state index >= 15 is 0 Å². The van der Waals surface area contributed by atoms with Crippen molar-refractivity contribution < 1.29 is 23.7 Å². The zero-order chi connectivity index (χ0) is 19.9. The number of rotatable bonds is 7. The van der Waals surface area contributed by atoms with Gasteiger partial charge in [-0.2, -0.15) is 0 Å². The summed E-state index contributed by atoms with van der Waals surface area (Å²) in [6, 6.07) is 10.4. The summed E-state index contributed by atoms with van der Waals surface area (Å²) in [5.74, 6) is 2.07. The lowest BCUT2D eigenvalue weighted by atomic mass is 10.2. The molecular formula is C20H21N3O5. The summed E-state index contributed by atoms with van der Waals surface area (Å²) in [5, 5.41) is 3.34. The number of aromatic nitrogens is 2. The first-order chi connectivity index (χ1) is 13.6. The van der Waals surface area contributed by atoms with Crippen LogP contribution in [0.5, 0.6) is 23.1 Å². The molecule has 1 amide bonds. The third-order valence-electron chi connectivity index (χ3n) is 3.86. The van der Waals surface area contributed by atoms with Gasteiger partial charge >= 0.3 is 6.09 Å². The lowest BCUT2D eigenvalue weighted by molar-refractivity contribution is 0.161. The molecule has 3 aromatic rings. The standard InChI is InChI=1S/C20H21N3O5/c1-4-9-27-20(24)23-13-5-7-14(8-6-13)28-19-15-10-17(25-2)18(26-3)11-16(15)21-12-22-19/h5-8,10-12H,4,9H2,1-3H3,(H,23,24). The highest BCUT2D eigenvalue weighted by Gasteiger charge is 2.12. The van der Waals surface area contributed by atoms with Crippen molar-refractivity contribution in [3.05, 3.63) is 42.7 Å². The highest BCUT2D eigenvalue weighted by Crippen LogP contribution is 2.35. The van der Waals surface area contributed by atoms with Crippen LogP contribution < -0.4 is 19.5 Å². The van der Waals surface area contributed by atoms with Gasteiger partial charge in [-0.05, 0) is 36.8 Å². The fourth-order valence-electron chi connectivity index (χ4n) is 2.51. The van der Waals surface area contributed by atoms with E-state index in [1.54, 1.807) is 50.6 Å². The van der Waals surface area contributed by atoms with Crippen molar-refractivity contribution >= 4 is 22.7 Å². The van der Waals surface area contributed by atoms with Crippen molar-refractivity contribution in [1.82, 2.24) is 9.97 Å². The van der Waals surface area contributed by atoms with Gasteiger partial charge < -0.3 is 18.9 Å². The van der Waals surface area contributed by atoms with Crippen molar-refractivity contribution in [3.8, 4) is 23.1 Å². The van der Waals surface area contributed by atoms with Crippen LogP contribution in [0.2, 0.25) is 0 Å². The molecule has 0 fully saturated rings. The lowest BCUT2D eigenvalue weighted by Gasteiger charge is -2.12. The Labute approximate surface area is 162 Å². The molecule has 146 valence electrons. The Balaban J connectivity index is 1.80. The van der Waals surface area contributed by atoms with Gasteiger partial charge in [0, 0.05) is 11.8 Å². The third-order valence-corrected chi connectivity index (χ3v) is 3.86. The molecule has 8 nitrogen and oxygen atoms in total. The van der Waals surface area contributed by atoms with Crippen LogP contribution in [-0.2, 0) is 4.74 Å². The normalized spacial score (nSPS) is 10.4. The van der Waals surface area contributed by atoms with Crippen LogP contribution in [0.4, 0.5) is 10.5 Å². The fourth-order valence-corrected chi connectivity index (χ4v) is 2.51. The summed E-state index contributed by atoms with van der Waals surface area (Å²) in [6.07, 6.45) is 1.70. The predicted molar refractivity (Wildman–Crippen MR) is 104 cm³/mol. The first-order valence-electron chi connectivity index (χ1n) is 8.73. The third kappa shape index (κ3) is 4.40. The molecule has 0 aliphatic carbocycles. The van der Waals surface area contributed by atoms with Crippen LogP contribution in [0.1, 0.15) is 13.3 Å².